The minimum atomic E-state index is -0.497. The first kappa shape index (κ1) is 16.4. The number of pyridine rings is 1. The lowest BCUT2D eigenvalue weighted by atomic mass is 10.1. The summed E-state index contributed by atoms with van der Waals surface area (Å²) in [5.74, 6) is -0.0808. The Labute approximate surface area is 147 Å². The van der Waals surface area contributed by atoms with Crippen molar-refractivity contribution in [3.05, 3.63) is 46.3 Å². The Hall–Kier alpha value is -2.44. The molecule has 0 fully saturated rings. The molecule has 24 heavy (non-hydrogen) atoms. The van der Waals surface area contributed by atoms with Crippen LogP contribution in [0.25, 0.3) is 22.3 Å². The number of fused-ring (bicyclic) bond motifs is 1. The average Bonchev–Trinajstić information content (AvgIpc) is 2.59. The average molecular weight is 364 g/mol. The molecule has 0 saturated heterocycles. The maximum atomic E-state index is 11.9. The molecule has 0 spiro atoms. The number of carbonyl (C=O) groups excluding carboxylic acids is 1. The molecule has 8 heteroatoms. The summed E-state index contributed by atoms with van der Waals surface area (Å²) in [7, 11) is 2.79. The SMILES string of the molecule is COC(=O)c1cc(-c2ccc3c(Cl)nc(Cl)nc3n2)ccc1OC. The van der Waals surface area contributed by atoms with Gasteiger partial charge in [-0.25, -0.2) is 14.8 Å². The molecule has 0 radical (unpaired) electrons. The van der Waals surface area contributed by atoms with Gasteiger partial charge in [-0.05, 0) is 41.9 Å². The zero-order chi connectivity index (χ0) is 17.3. The summed E-state index contributed by atoms with van der Waals surface area (Å²) in [6, 6.07) is 8.60. The number of carbonyl (C=O) groups is 1. The highest BCUT2D eigenvalue weighted by Gasteiger charge is 2.15. The van der Waals surface area contributed by atoms with E-state index in [1.165, 1.54) is 14.2 Å². The summed E-state index contributed by atoms with van der Waals surface area (Å²) >= 11 is 11.9. The molecule has 0 amide bonds. The fraction of sp³-hybridized carbons (Fsp3) is 0.125. The van der Waals surface area contributed by atoms with Gasteiger partial charge in [0.1, 0.15) is 16.5 Å². The molecule has 3 rings (SSSR count). The normalized spacial score (nSPS) is 10.7. The Morgan fingerprint density at radius 2 is 1.83 bits per heavy atom. The van der Waals surface area contributed by atoms with Gasteiger partial charge in [0.05, 0.1) is 25.3 Å². The van der Waals surface area contributed by atoms with E-state index in [9.17, 15) is 4.79 Å². The van der Waals surface area contributed by atoms with Crippen LogP contribution in [0.5, 0.6) is 5.75 Å². The zero-order valence-electron chi connectivity index (χ0n) is 12.7. The maximum absolute atomic E-state index is 11.9. The van der Waals surface area contributed by atoms with E-state index < -0.39 is 5.97 Å². The van der Waals surface area contributed by atoms with Crippen LogP contribution >= 0.6 is 23.2 Å². The second kappa shape index (κ2) is 6.59. The molecule has 0 saturated carbocycles. The number of methoxy groups -OCH3 is 2. The first-order valence-electron chi connectivity index (χ1n) is 6.80. The molecule has 0 atom stereocenters. The number of halogens is 2. The van der Waals surface area contributed by atoms with Crippen LogP contribution in [0.3, 0.4) is 0 Å². The Bertz CT molecular complexity index is 947. The number of esters is 1. The highest BCUT2D eigenvalue weighted by atomic mass is 35.5. The van der Waals surface area contributed by atoms with Gasteiger partial charge in [-0.2, -0.15) is 4.98 Å². The van der Waals surface area contributed by atoms with Crippen LogP contribution < -0.4 is 4.74 Å². The number of benzene rings is 1. The molecular formula is C16H11Cl2N3O3. The topological polar surface area (TPSA) is 74.2 Å². The molecule has 3 aromatic rings. The molecule has 0 aliphatic rings. The lowest BCUT2D eigenvalue weighted by Crippen LogP contribution is -2.04. The van der Waals surface area contributed by atoms with Crippen LogP contribution in [0.15, 0.2) is 30.3 Å². The van der Waals surface area contributed by atoms with E-state index in [1.807, 2.05) is 0 Å². The maximum Gasteiger partial charge on any atom is 0.341 e. The first-order valence-corrected chi connectivity index (χ1v) is 7.55. The highest BCUT2D eigenvalue weighted by Crippen LogP contribution is 2.28. The van der Waals surface area contributed by atoms with Gasteiger partial charge in [0.15, 0.2) is 5.65 Å². The minimum absolute atomic E-state index is 0.0159. The van der Waals surface area contributed by atoms with E-state index in [4.69, 9.17) is 32.7 Å². The number of aromatic nitrogens is 3. The molecular weight excluding hydrogens is 353 g/mol. The number of ether oxygens (including phenoxy) is 2. The molecule has 1 aromatic carbocycles. The Morgan fingerprint density at radius 1 is 1.04 bits per heavy atom. The highest BCUT2D eigenvalue weighted by molar-refractivity contribution is 6.35. The predicted molar refractivity (Wildman–Crippen MR) is 90.7 cm³/mol. The van der Waals surface area contributed by atoms with Crippen LogP contribution in [0.2, 0.25) is 10.4 Å². The van der Waals surface area contributed by atoms with Gasteiger partial charge in [-0.1, -0.05) is 11.6 Å². The molecule has 0 aliphatic heterocycles. The van der Waals surface area contributed by atoms with Gasteiger partial charge in [0.2, 0.25) is 5.28 Å². The molecule has 0 unspecified atom stereocenters. The van der Waals surface area contributed by atoms with Gasteiger partial charge >= 0.3 is 5.97 Å². The van der Waals surface area contributed by atoms with Crippen LogP contribution in [0.4, 0.5) is 0 Å². The summed E-state index contributed by atoms with van der Waals surface area (Å²) in [6.45, 7) is 0. The van der Waals surface area contributed by atoms with Crippen molar-refractivity contribution in [2.75, 3.05) is 14.2 Å². The fourth-order valence-electron chi connectivity index (χ4n) is 2.25. The standard InChI is InChI=1S/C16H11Cl2N3O3/c1-23-12-6-3-8(7-10(12)15(22)24-2)11-5-4-9-13(17)20-16(18)21-14(9)19-11/h3-7H,1-2H3. The van der Waals surface area contributed by atoms with Gasteiger partial charge < -0.3 is 9.47 Å². The van der Waals surface area contributed by atoms with Gasteiger partial charge in [0.25, 0.3) is 0 Å². The van der Waals surface area contributed by atoms with Crippen molar-refractivity contribution in [3.8, 4) is 17.0 Å². The van der Waals surface area contributed by atoms with Crippen LogP contribution in [-0.4, -0.2) is 35.1 Å². The zero-order valence-corrected chi connectivity index (χ0v) is 14.2. The third-order valence-corrected chi connectivity index (χ3v) is 3.84. The van der Waals surface area contributed by atoms with Crippen molar-refractivity contribution in [2.45, 2.75) is 0 Å². The predicted octanol–water partition coefficient (Wildman–Crippen LogP) is 3.79. The van der Waals surface area contributed by atoms with Crippen LogP contribution in [0, 0.1) is 0 Å². The van der Waals surface area contributed by atoms with E-state index in [-0.39, 0.29) is 10.4 Å². The van der Waals surface area contributed by atoms with Crippen molar-refractivity contribution < 1.29 is 14.3 Å². The summed E-state index contributed by atoms with van der Waals surface area (Å²) in [5, 5.41) is 0.836. The third kappa shape index (κ3) is 2.98. The second-order valence-electron chi connectivity index (χ2n) is 4.76. The largest absolute Gasteiger partial charge is 0.496 e. The molecule has 0 N–H and O–H groups in total. The molecule has 0 aliphatic carbocycles. The lowest BCUT2D eigenvalue weighted by molar-refractivity contribution is 0.0597. The minimum Gasteiger partial charge on any atom is -0.496 e. The molecule has 0 bridgehead atoms. The summed E-state index contributed by atoms with van der Waals surface area (Å²) < 4.78 is 9.96. The quantitative estimate of drug-likeness (QED) is 0.400. The smallest absolute Gasteiger partial charge is 0.341 e. The van der Waals surface area contributed by atoms with Gasteiger partial charge in [-0.15, -0.1) is 0 Å². The fourth-order valence-corrected chi connectivity index (χ4v) is 2.68. The van der Waals surface area contributed by atoms with E-state index in [2.05, 4.69) is 15.0 Å². The number of nitrogens with zero attached hydrogens (tertiary/aromatic N) is 3. The number of hydrogen-bond acceptors (Lipinski definition) is 6. The van der Waals surface area contributed by atoms with Crippen LogP contribution in [0.1, 0.15) is 10.4 Å². The second-order valence-corrected chi connectivity index (χ2v) is 5.45. The number of hydrogen-bond donors (Lipinski definition) is 0. The van der Waals surface area contributed by atoms with E-state index in [0.29, 0.717) is 33.6 Å². The summed E-state index contributed by atoms with van der Waals surface area (Å²) in [4.78, 5) is 24.3. The Kier molecular flexibility index (Phi) is 4.51. The third-order valence-electron chi connectivity index (χ3n) is 3.39. The molecule has 6 nitrogen and oxygen atoms in total. The monoisotopic (exact) mass is 363 g/mol. The van der Waals surface area contributed by atoms with Crippen molar-refractivity contribution in [1.82, 2.24) is 15.0 Å². The Balaban J connectivity index is 2.15. The van der Waals surface area contributed by atoms with Crippen LogP contribution in [-0.2, 0) is 4.74 Å². The summed E-state index contributed by atoms with van der Waals surface area (Å²) in [5.41, 5.74) is 1.97. The van der Waals surface area contributed by atoms with Gasteiger partial charge in [0, 0.05) is 5.56 Å². The first-order chi connectivity index (χ1) is 11.5. The van der Waals surface area contributed by atoms with Crippen molar-refractivity contribution in [3.63, 3.8) is 0 Å². The lowest BCUT2D eigenvalue weighted by Gasteiger charge is -2.09. The molecule has 122 valence electrons. The molecule has 2 heterocycles. The van der Waals surface area contributed by atoms with E-state index >= 15 is 0 Å². The van der Waals surface area contributed by atoms with Gasteiger partial charge in [-0.3, -0.25) is 0 Å². The van der Waals surface area contributed by atoms with E-state index in [0.717, 1.165) is 0 Å². The number of rotatable bonds is 3. The van der Waals surface area contributed by atoms with Crippen molar-refractivity contribution in [1.29, 1.82) is 0 Å². The molecule has 2 aromatic heterocycles. The van der Waals surface area contributed by atoms with E-state index in [1.54, 1.807) is 30.3 Å². The summed E-state index contributed by atoms with van der Waals surface area (Å²) in [6.07, 6.45) is 0. The van der Waals surface area contributed by atoms with Crippen molar-refractivity contribution in [2.24, 2.45) is 0 Å². The Morgan fingerprint density at radius 3 is 2.54 bits per heavy atom. The van der Waals surface area contributed by atoms with Crippen molar-refractivity contribution >= 4 is 40.2 Å².